The SMILES string of the molecule is COCc1cc(COc2ccccc2CC(=O)O)cc(-c2cccc(C(C)N)c2)c1. The van der Waals surface area contributed by atoms with E-state index in [1.165, 1.54) is 0 Å². The van der Waals surface area contributed by atoms with Gasteiger partial charge in [0.05, 0.1) is 13.0 Å². The Morgan fingerprint density at radius 2 is 1.70 bits per heavy atom. The number of rotatable bonds is 9. The molecule has 3 aromatic carbocycles. The third-order valence-electron chi connectivity index (χ3n) is 4.82. The van der Waals surface area contributed by atoms with E-state index in [-0.39, 0.29) is 12.5 Å². The average Bonchev–Trinajstić information content (AvgIpc) is 2.73. The highest BCUT2D eigenvalue weighted by atomic mass is 16.5. The van der Waals surface area contributed by atoms with Crippen molar-refractivity contribution >= 4 is 5.97 Å². The summed E-state index contributed by atoms with van der Waals surface area (Å²) in [7, 11) is 1.67. The van der Waals surface area contributed by atoms with E-state index in [1.807, 2.05) is 37.3 Å². The first-order valence-corrected chi connectivity index (χ1v) is 9.86. The van der Waals surface area contributed by atoms with Gasteiger partial charge in [0.1, 0.15) is 12.4 Å². The zero-order valence-corrected chi connectivity index (χ0v) is 17.3. The van der Waals surface area contributed by atoms with Crippen LogP contribution in [0.1, 0.15) is 35.2 Å². The Bertz CT molecular complexity index is 1010. The standard InChI is InChI=1S/C25H27NO4/c1-17(26)20-7-5-8-21(13-20)23-11-18(15-29-2)10-19(12-23)16-30-24-9-4-3-6-22(24)14-25(27)28/h3-13,17H,14-16,26H2,1-2H3,(H,27,28). The third-order valence-corrected chi connectivity index (χ3v) is 4.82. The molecule has 0 spiro atoms. The molecule has 3 aromatic rings. The molecule has 0 bridgehead atoms. The molecular weight excluding hydrogens is 378 g/mol. The van der Waals surface area contributed by atoms with Crippen molar-refractivity contribution in [3.63, 3.8) is 0 Å². The van der Waals surface area contributed by atoms with Crippen molar-refractivity contribution in [3.05, 3.63) is 89.0 Å². The van der Waals surface area contributed by atoms with Crippen LogP contribution >= 0.6 is 0 Å². The average molecular weight is 405 g/mol. The molecule has 1 atom stereocenters. The fraction of sp³-hybridized carbons (Fsp3) is 0.240. The van der Waals surface area contributed by atoms with Crippen molar-refractivity contribution in [2.75, 3.05) is 7.11 Å². The van der Waals surface area contributed by atoms with Gasteiger partial charge in [-0.2, -0.15) is 0 Å². The van der Waals surface area contributed by atoms with Crippen molar-refractivity contribution in [3.8, 4) is 16.9 Å². The molecular formula is C25H27NO4. The summed E-state index contributed by atoms with van der Waals surface area (Å²) >= 11 is 0. The van der Waals surface area contributed by atoms with E-state index in [0.717, 1.165) is 27.8 Å². The minimum Gasteiger partial charge on any atom is -0.489 e. The summed E-state index contributed by atoms with van der Waals surface area (Å²) in [5.41, 5.74) is 11.9. The summed E-state index contributed by atoms with van der Waals surface area (Å²) in [6.45, 7) is 2.78. The summed E-state index contributed by atoms with van der Waals surface area (Å²) in [5, 5.41) is 9.12. The molecule has 3 N–H and O–H groups in total. The van der Waals surface area contributed by atoms with Gasteiger partial charge in [-0.3, -0.25) is 4.79 Å². The molecule has 0 aliphatic carbocycles. The van der Waals surface area contributed by atoms with Crippen LogP contribution in [0.25, 0.3) is 11.1 Å². The van der Waals surface area contributed by atoms with E-state index < -0.39 is 5.97 Å². The number of aliphatic carboxylic acids is 1. The lowest BCUT2D eigenvalue weighted by Crippen LogP contribution is -2.05. The van der Waals surface area contributed by atoms with Crippen LogP contribution in [0.15, 0.2) is 66.7 Å². The molecule has 0 aromatic heterocycles. The van der Waals surface area contributed by atoms with Crippen molar-refractivity contribution in [2.24, 2.45) is 5.73 Å². The Morgan fingerprint density at radius 1 is 0.967 bits per heavy atom. The number of carbonyl (C=O) groups is 1. The zero-order chi connectivity index (χ0) is 21.5. The van der Waals surface area contributed by atoms with Crippen LogP contribution in [0.2, 0.25) is 0 Å². The van der Waals surface area contributed by atoms with Crippen LogP contribution in [0.5, 0.6) is 5.75 Å². The van der Waals surface area contributed by atoms with Crippen LogP contribution < -0.4 is 10.5 Å². The number of ether oxygens (including phenoxy) is 2. The second-order valence-corrected chi connectivity index (χ2v) is 7.35. The molecule has 0 fully saturated rings. The second-order valence-electron chi connectivity index (χ2n) is 7.35. The van der Waals surface area contributed by atoms with Crippen LogP contribution in [-0.2, 0) is 29.2 Å². The van der Waals surface area contributed by atoms with Gasteiger partial charge in [0, 0.05) is 18.7 Å². The minimum atomic E-state index is -0.885. The normalized spacial score (nSPS) is 11.8. The molecule has 5 heteroatoms. The van der Waals surface area contributed by atoms with Gasteiger partial charge in [-0.15, -0.1) is 0 Å². The van der Waals surface area contributed by atoms with Crippen molar-refractivity contribution in [1.82, 2.24) is 0 Å². The fourth-order valence-corrected chi connectivity index (χ4v) is 3.38. The molecule has 156 valence electrons. The number of benzene rings is 3. The number of para-hydroxylation sites is 1. The largest absolute Gasteiger partial charge is 0.489 e. The van der Waals surface area contributed by atoms with E-state index in [9.17, 15) is 4.79 Å². The Kier molecular flexibility index (Phi) is 7.22. The predicted molar refractivity (Wildman–Crippen MR) is 117 cm³/mol. The summed E-state index contributed by atoms with van der Waals surface area (Å²) in [6.07, 6.45) is -0.0742. The van der Waals surface area contributed by atoms with Gasteiger partial charge >= 0.3 is 5.97 Å². The summed E-state index contributed by atoms with van der Waals surface area (Å²) in [6, 6.07) is 21.6. The second kappa shape index (κ2) is 10.1. The van der Waals surface area contributed by atoms with Crippen molar-refractivity contribution < 1.29 is 19.4 Å². The van der Waals surface area contributed by atoms with Crippen molar-refractivity contribution in [1.29, 1.82) is 0 Å². The molecule has 1 unspecified atom stereocenters. The molecule has 30 heavy (non-hydrogen) atoms. The highest BCUT2D eigenvalue weighted by Gasteiger charge is 2.10. The number of hydrogen-bond acceptors (Lipinski definition) is 4. The smallest absolute Gasteiger partial charge is 0.307 e. The van der Waals surface area contributed by atoms with Gasteiger partial charge in [0.25, 0.3) is 0 Å². The number of carboxylic acid groups (broad SMARTS) is 1. The first kappa shape index (κ1) is 21.6. The van der Waals surface area contributed by atoms with E-state index in [2.05, 4.69) is 24.3 Å². The van der Waals surface area contributed by atoms with E-state index in [1.54, 1.807) is 19.2 Å². The molecule has 0 aliphatic rings. The van der Waals surface area contributed by atoms with Gasteiger partial charge in [0.2, 0.25) is 0 Å². The van der Waals surface area contributed by atoms with Crippen LogP contribution in [-0.4, -0.2) is 18.2 Å². The van der Waals surface area contributed by atoms with Crippen molar-refractivity contribution in [2.45, 2.75) is 32.6 Å². The molecule has 0 radical (unpaired) electrons. The molecule has 0 amide bonds. The maximum Gasteiger partial charge on any atom is 0.307 e. The fourth-order valence-electron chi connectivity index (χ4n) is 3.38. The van der Waals surface area contributed by atoms with E-state index >= 15 is 0 Å². The van der Waals surface area contributed by atoms with Gasteiger partial charge in [-0.05, 0) is 59.0 Å². The van der Waals surface area contributed by atoms with Crippen LogP contribution in [0, 0.1) is 0 Å². The Morgan fingerprint density at radius 3 is 2.40 bits per heavy atom. The van der Waals surface area contributed by atoms with Crippen LogP contribution in [0.3, 0.4) is 0 Å². The Labute approximate surface area is 177 Å². The summed E-state index contributed by atoms with van der Waals surface area (Å²) < 4.78 is 11.3. The molecule has 3 rings (SSSR count). The lowest BCUT2D eigenvalue weighted by atomic mass is 9.97. The number of methoxy groups -OCH3 is 1. The number of hydrogen-bond donors (Lipinski definition) is 2. The highest BCUT2D eigenvalue weighted by molar-refractivity contribution is 5.71. The summed E-state index contributed by atoms with van der Waals surface area (Å²) in [4.78, 5) is 11.1. The van der Waals surface area contributed by atoms with Crippen LogP contribution in [0.4, 0.5) is 0 Å². The first-order valence-electron chi connectivity index (χ1n) is 9.86. The molecule has 5 nitrogen and oxygen atoms in total. The monoisotopic (exact) mass is 405 g/mol. The molecule has 0 aliphatic heterocycles. The van der Waals surface area contributed by atoms with Gasteiger partial charge in [-0.1, -0.05) is 42.5 Å². The quantitative estimate of drug-likeness (QED) is 0.538. The lowest BCUT2D eigenvalue weighted by molar-refractivity contribution is -0.136. The molecule has 0 saturated heterocycles. The Balaban J connectivity index is 1.89. The minimum absolute atomic E-state index is 0.0411. The number of nitrogens with two attached hydrogens (primary N) is 1. The van der Waals surface area contributed by atoms with Gasteiger partial charge < -0.3 is 20.3 Å². The third kappa shape index (κ3) is 5.69. The zero-order valence-electron chi connectivity index (χ0n) is 17.3. The predicted octanol–water partition coefficient (Wildman–Crippen LogP) is 4.73. The molecule has 0 heterocycles. The van der Waals surface area contributed by atoms with Gasteiger partial charge in [0.15, 0.2) is 0 Å². The first-order chi connectivity index (χ1) is 14.5. The van der Waals surface area contributed by atoms with Gasteiger partial charge in [-0.25, -0.2) is 0 Å². The number of carboxylic acids is 1. The lowest BCUT2D eigenvalue weighted by Gasteiger charge is -2.14. The highest BCUT2D eigenvalue weighted by Crippen LogP contribution is 2.27. The summed E-state index contributed by atoms with van der Waals surface area (Å²) in [5.74, 6) is -0.304. The molecule has 0 saturated carbocycles. The van der Waals surface area contributed by atoms with E-state index in [4.69, 9.17) is 20.3 Å². The maximum atomic E-state index is 11.1. The Hall–Kier alpha value is -3.15. The topological polar surface area (TPSA) is 81.8 Å². The van der Waals surface area contributed by atoms with E-state index in [0.29, 0.717) is 24.5 Å². The maximum absolute atomic E-state index is 11.1.